The van der Waals surface area contributed by atoms with E-state index in [1.54, 1.807) is 7.11 Å². The van der Waals surface area contributed by atoms with Crippen molar-refractivity contribution in [1.29, 1.82) is 0 Å². The van der Waals surface area contributed by atoms with E-state index in [0.717, 1.165) is 43.2 Å². The van der Waals surface area contributed by atoms with Crippen LogP contribution in [0.25, 0.3) is 0 Å². The van der Waals surface area contributed by atoms with Crippen molar-refractivity contribution in [2.24, 2.45) is 5.92 Å². The van der Waals surface area contributed by atoms with Crippen molar-refractivity contribution in [3.8, 4) is 0 Å². The minimum Gasteiger partial charge on any atom is -0.383 e. The van der Waals surface area contributed by atoms with Gasteiger partial charge in [0.25, 0.3) is 0 Å². The van der Waals surface area contributed by atoms with E-state index in [2.05, 4.69) is 19.9 Å². The van der Waals surface area contributed by atoms with Crippen molar-refractivity contribution in [2.45, 2.75) is 38.4 Å². The first-order valence-electron chi connectivity index (χ1n) is 8.64. The van der Waals surface area contributed by atoms with E-state index < -0.39 is 0 Å². The van der Waals surface area contributed by atoms with Gasteiger partial charge in [0.1, 0.15) is 11.5 Å². The van der Waals surface area contributed by atoms with Crippen LogP contribution in [0.15, 0.2) is 24.3 Å². The molecular formula is C18H23FN4O. The third-order valence-corrected chi connectivity index (χ3v) is 5.01. The summed E-state index contributed by atoms with van der Waals surface area (Å²) in [5.41, 5.74) is 3.41. The Morgan fingerprint density at radius 1 is 1.25 bits per heavy atom. The molecule has 1 atom stereocenters. The monoisotopic (exact) mass is 330 g/mol. The third kappa shape index (κ3) is 3.21. The highest BCUT2D eigenvalue weighted by Crippen LogP contribution is 2.34. The molecule has 2 aromatic rings. The summed E-state index contributed by atoms with van der Waals surface area (Å²) in [4.78, 5) is 2.36. The number of benzene rings is 1. The predicted octanol–water partition coefficient (Wildman–Crippen LogP) is 2.57. The molecule has 4 rings (SSSR count). The van der Waals surface area contributed by atoms with Gasteiger partial charge < -0.3 is 4.74 Å². The molecular weight excluding hydrogens is 307 g/mol. The lowest BCUT2D eigenvalue weighted by molar-refractivity contribution is 0.0749. The zero-order chi connectivity index (χ0) is 16.5. The first kappa shape index (κ1) is 15.7. The Labute approximate surface area is 141 Å². The number of ether oxygens (including phenoxy) is 1. The number of fused-ring (bicyclic) bond motifs is 1. The highest BCUT2D eigenvalue weighted by molar-refractivity contribution is 5.22. The molecule has 0 amide bonds. The molecule has 6 heteroatoms. The number of hydrogen-bond donors (Lipinski definition) is 0. The Balaban J connectivity index is 1.55. The number of aromatic nitrogens is 3. The van der Waals surface area contributed by atoms with E-state index in [4.69, 9.17) is 4.74 Å². The maximum atomic E-state index is 13.1. The number of nitrogens with zero attached hydrogens (tertiary/aromatic N) is 4. The zero-order valence-corrected chi connectivity index (χ0v) is 14.0. The van der Waals surface area contributed by atoms with Crippen molar-refractivity contribution >= 4 is 0 Å². The lowest BCUT2D eigenvalue weighted by Gasteiger charge is -2.34. The summed E-state index contributed by atoms with van der Waals surface area (Å²) in [7, 11) is 1.72. The quantitative estimate of drug-likeness (QED) is 0.816. The van der Waals surface area contributed by atoms with Gasteiger partial charge in [-0.2, -0.15) is 0 Å². The van der Waals surface area contributed by atoms with Crippen molar-refractivity contribution in [3.63, 3.8) is 0 Å². The molecule has 2 heterocycles. The molecule has 0 saturated heterocycles. The predicted molar refractivity (Wildman–Crippen MR) is 87.9 cm³/mol. The van der Waals surface area contributed by atoms with E-state index in [1.807, 2.05) is 12.1 Å². The number of hydrogen-bond acceptors (Lipinski definition) is 4. The van der Waals surface area contributed by atoms with Crippen LogP contribution >= 0.6 is 0 Å². The Morgan fingerprint density at radius 2 is 2.04 bits per heavy atom. The first-order valence-corrected chi connectivity index (χ1v) is 8.64. The summed E-state index contributed by atoms with van der Waals surface area (Å²) in [6.07, 6.45) is 3.58. The summed E-state index contributed by atoms with van der Waals surface area (Å²) in [5, 5.41) is 8.87. The van der Waals surface area contributed by atoms with Crippen LogP contribution in [0.4, 0.5) is 4.39 Å². The van der Waals surface area contributed by atoms with Gasteiger partial charge in [0.15, 0.2) is 0 Å². The first-order chi connectivity index (χ1) is 11.7. The minimum atomic E-state index is -0.198. The van der Waals surface area contributed by atoms with Crippen molar-refractivity contribution in [1.82, 2.24) is 19.9 Å². The summed E-state index contributed by atoms with van der Waals surface area (Å²) in [6.45, 7) is 3.30. The van der Waals surface area contributed by atoms with Gasteiger partial charge in [0.2, 0.25) is 0 Å². The summed E-state index contributed by atoms with van der Waals surface area (Å²) in [6, 6.07) is 6.83. The lowest BCUT2D eigenvalue weighted by Crippen LogP contribution is -2.38. The molecule has 5 nitrogen and oxygen atoms in total. The Bertz CT molecular complexity index is 696. The highest BCUT2D eigenvalue weighted by atomic mass is 19.1. The van der Waals surface area contributed by atoms with Crippen LogP contribution < -0.4 is 0 Å². The van der Waals surface area contributed by atoms with Crippen LogP contribution in [0.5, 0.6) is 0 Å². The van der Waals surface area contributed by atoms with E-state index in [0.29, 0.717) is 6.61 Å². The lowest BCUT2D eigenvalue weighted by atomic mass is 10.0. The molecule has 1 aromatic heterocycles. The fourth-order valence-corrected chi connectivity index (χ4v) is 3.49. The fourth-order valence-electron chi connectivity index (χ4n) is 3.49. The number of methoxy groups -OCH3 is 1. The smallest absolute Gasteiger partial charge is 0.123 e. The third-order valence-electron chi connectivity index (χ3n) is 5.01. The Morgan fingerprint density at radius 3 is 2.75 bits per heavy atom. The molecule has 24 heavy (non-hydrogen) atoms. The molecule has 128 valence electrons. The van der Waals surface area contributed by atoms with Gasteiger partial charge in [0.05, 0.1) is 18.3 Å². The van der Waals surface area contributed by atoms with Gasteiger partial charge in [-0.05, 0) is 36.5 Å². The standard InChI is InChI=1S/C18H23FN4O/c1-24-12-17-18-16(23(21-20-18)11-14-2-3-14)8-9-22(17)10-13-4-6-15(19)7-5-13/h4-7,14,17H,2-3,8-12H2,1H3. The Hall–Kier alpha value is -1.79. The van der Waals surface area contributed by atoms with Crippen molar-refractivity contribution in [3.05, 3.63) is 47.0 Å². The summed E-state index contributed by atoms with van der Waals surface area (Å²) < 4.78 is 20.7. The minimum absolute atomic E-state index is 0.108. The maximum absolute atomic E-state index is 13.1. The topological polar surface area (TPSA) is 43.2 Å². The number of rotatable bonds is 6. The van der Waals surface area contributed by atoms with Crippen molar-refractivity contribution in [2.75, 3.05) is 20.3 Å². The van der Waals surface area contributed by atoms with Gasteiger partial charge in [-0.25, -0.2) is 9.07 Å². The molecule has 1 unspecified atom stereocenters. The van der Waals surface area contributed by atoms with Gasteiger partial charge >= 0.3 is 0 Å². The zero-order valence-electron chi connectivity index (χ0n) is 14.0. The molecule has 1 fully saturated rings. The molecule has 2 aliphatic rings. The molecule has 1 aliphatic carbocycles. The summed E-state index contributed by atoms with van der Waals surface area (Å²) >= 11 is 0. The van der Waals surface area contributed by atoms with Gasteiger partial charge in [-0.15, -0.1) is 5.10 Å². The van der Waals surface area contributed by atoms with E-state index >= 15 is 0 Å². The average Bonchev–Trinajstić information content (AvgIpc) is 3.31. The second-order valence-electron chi connectivity index (χ2n) is 6.86. The molecule has 0 spiro atoms. The number of halogens is 1. The van der Waals surface area contributed by atoms with Gasteiger partial charge in [0, 0.05) is 33.2 Å². The molecule has 1 aromatic carbocycles. The molecule has 1 saturated carbocycles. The van der Waals surface area contributed by atoms with Crippen LogP contribution in [-0.4, -0.2) is 40.2 Å². The van der Waals surface area contributed by atoms with E-state index in [9.17, 15) is 4.39 Å². The second-order valence-corrected chi connectivity index (χ2v) is 6.86. The van der Waals surface area contributed by atoms with E-state index in [1.165, 1.54) is 30.7 Å². The largest absolute Gasteiger partial charge is 0.383 e. The van der Waals surface area contributed by atoms with Gasteiger partial charge in [-0.3, -0.25) is 4.90 Å². The molecule has 1 aliphatic heterocycles. The second kappa shape index (κ2) is 6.61. The van der Waals surface area contributed by atoms with Crippen LogP contribution in [0.1, 0.15) is 35.8 Å². The van der Waals surface area contributed by atoms with Crippen molar-refractivity contribution < 1.29 is 9.13 Å². The van der Waals surface area contributed by atoms with Crippen LogP contribution in [-0.2, 0) is 24.2 Å². The maximum Gasteiger partial charge on any atom is 0.123 e. The molecule has 0 N–H and O–H groups in total. The average molecular weight is 330 g/mol. The van der Waals surface area contributed by atoms with Crippen LogP contribution in [0, 0.1) is 11.7 Å². The van der Waals surface area contributed by atoms with Crippen LogP contribution in [0.3, 0.4) is 0 Å². The normalized spacial score (nSPS) is 21.0. The molecule has 0 radical (unpaired) electrons. The highest BCUT2D eigenvalue weighted by Gasteiger charge is 2.33. The van der Waals surface area contributed by atoms with Gasteiger partial charge in [-0.1, -0.05) is 17.3 Å². The Kier molecular flexibility index (Phi) is 4.33. The van der Waals surface area contributed by atoms with Crippen LogP contribution in [0.2, 0.25) is 0 Å². The summed E-state index contributed by atoms with van der Waals surface area (Å²) in [5.74, 6) is 0.588. The van der Waals surface area contributed by atoms with E-state index in [-0.39, 0.29) is 11.9 Å². The fraction of sp³-hybridized carbons (Fsp3) is 0.556. The SMILES string of the molecule is COCC1c2nnn(CC3CC3)c2CCN1Cc1ccc(F)cc1. The molecule has 0 bridgehead atoms.